The van der Waals surface area contributed by atoms with Crippen LogP contribution in [0.2, 0.25) is 0 Å². The summed E-state index contributed by atoms with van der Waals surface area (Å²) in [6.07, 6.45) is 5.25. The maximum absolute atomic E-state index is 11.3. The molecule has 1 rings (SSSR count). The summed E-state index contributed by atoms with van der Waals surface area (Å²) in [7, 11) is 1.64. The Morgan fingerprint density at radius 2 is 2.21 bits per heavy atom. The topological polar surface area (TPSA) is 38.3 Å². The Labute approximate surface area is 90.0 Å². The molecular weight excluding hydrogens is 198 g/mol. The monoisotopic (exact) mass is 217 g/mol. The van der Waals surface area contributed by atoms with E-state index in [1.807, 2.05) is 0 Å². The molecule has 0 radical (unpaired) electrons. The largest absolute Gasteiger partial charge is 0.383 e. The second-order valence-corrected chi connectivity index (χ2v) is 4.85. The van der Waals surface area contributed by atoms with E-state index in [0.717, 1.165) is 5.25 Å². The fraction of sp³-hybridized carbons (Fsp3) is 0.900. The van der Waals surface area contributed by atoms with Crippen molar-refractivity contribution in [2.45, 2.75) is 30.9 Å². The predicted octanol–water partition coefficient (Wildman–Crippen LogP) is 1.42. The molecule has 0 spiro atoms. The van der Waals surface area contributed by atoms with Gasteiger partial charge in [-0.05, 0) is 12.8 Å². The van der Waals surface area contributed by atoms with Crippen LogP contribution in [0.15, 0.2) is 0 Å². The number of methoxy groups -OCH3 is 1. The van der Waals surface area contributed by atoms with E-state index >= 15 is 0 Å². The van der Waals surface area contributed by atoms with Gasteiger partial charge in [-0.3, -0.25) is 4.79 Å². The zero-order valence-electron chi connectivity index (χ0n) is 8.75. The van der Waals surface area contributed by atoms with Crippen molar-refractivity contribution in [2.24, 2.45) is 0 Å². The zero-order valence-corrected chi connectivity index (χ0v) is 9.57. The van der Waals surface area contributed by atoms with Crippen molar-refractivity contribution in [3.8, 4) is 0 Å². The maximum atomic E-state index is 11.3. The van der Waals surface area contributed by atoms with Gasteiger partial charge in [-0.1, -0.05) is 12.8 Å². The van der Waals surface area contributed by atoms with Crippen LogP contribution in [-0.4, -0.2) is 37.2 Å². The Morgan fingerprint density at radius 1 is 1.50 bits per heavy atom. The third-order valence-electron chi connectivity index (χ3n) is 2.38. The van der Waals surface area contributed by atoms with Crippen LogP contribution in [0.5, 0.6) is 0 Å². The second kappa shape index (κ2) is 7.12. The number of carbonyl (C=O) groups excluding carboxylic acids is 1. The number of rotatable bonds is 6. The van der Waals surface area contributed by atoms with Crippen molar-refractivity contribution in [1.82, 2.24) is 5.32 Å². The van der Waals surface area contributed by atoms with Gasteiger partial charge in [0.2, 0.25) is 5.91 Å². The number of amides is 1. The van der Waals surface area contributed by atoms with Crippen molar-refractivity contribution in [2.75, 3.05) is 26.0 Å². The average molecular weight is 217 g/mol. The van der Waals surface area contributed by atoms with Gasteiger partial charge in [0.25, 0.3) is 0 Å². The number of hydrogen-bond donors (Lipinski definition) is 1. The van der Waals surface area contributed by atoms with E-state index in [2.05, 4.69) is 5.32 Å². The molecule has 0 heterocycles. The highest BCUT2D eigenvalue weighted by molar-refractivity contribution is 8.00. The molecule has 0 aromatic carbocycles. The first-order chi connectivity index (χ1) is 6.83. The minimum atomic E-state index is 0.138. The zero-order chi connectivity index (χ0) is 10.2. The van der Waals surface area contributed by atoms with Crippen LogP contribution in [0.4, 0.5) is 0 Å². The third kappa shape index (κ3) is 4.86. The van der Waals surface area contributed by atoms with Crippen LogP contribution < -0.4 is 5.32 Å². The van der Waals surface area contributed by atoms with Gasteiger partial charge in [0.1, 0.15) is 0 Å². The van der Waals surface area contributed by atoms with E-state index in [4.69, 9.17) is 4.74 Å². The van der Waals surface area contributed by atoms with Crippen LogP contribution in [0.3, 0.4) is 0 Å². The third-order valence-corrected chi connectivity index (χ3v) is 3.75. The highest BCUT2D eigenvalue weighted by atomic mass is 32.2. The quantitative estimate of drug-likeness (QED) is 0.684. The molecule has 1 amide bonds. The van der Waals surface area contributed by atoms with Crippen LogP contribution in [-0.2, 0) is 9.53 Å². The maximum Gasteiger partial charge on any atom is 0.230 e. The van der Waals surface area contributed by atoms with Crippen molar-refractivity contribution >= 4 is 17.7 Å². The Hall–Kier alpha value is -0.220. The summed E-state index contributed by atoms with van der Waals surface area (Å²) in [6, 6.07) is 0. The summed E-state index contributed by atoms with van der Waals surface area (Å²) in [4.78, 5) is 11.3. The highest BCUT2D eigenvalue weighted by Crippen LogP contribution is 2.28. The molecule has 0 aliphatic heterocycles. The summed E-state index contributed by atoms with van der Waals surface area (Å²) in [5.74, 6) is 0.743. The number of hydrogen-bond acceptors (Lipinski definition) is 3. The molecule has 0 aromatic heterocycles. The summed E-state index contributed by atoms with van der Waals surface area (Å²) in [6.45, 7) is 1.22. The van der Waals surface area contributed by atoms with E-state index in [0.29, 0.717) is 18.9 Å². The SMILES string of the molecule is COCCNC(=O)CSC1CCCC1. The average Bonchev–Trinajstić information content (AvgIpc) is 2.68. The fourth-order valence-corrected chi connectivity index (χ4v) is 2.75. The highest BCUT2D eigenvalue weighted by Gasteiger charge is 2.16. The van der Waals surface area contributed by atoms with Crippen molar-refractivity contribution in [1.29, 1.82) is 0 Å². The summed E-state index contributed by atoms with van der Waals surface area (Å²) >= 11 is 1.80. The van der Waals surface area contributed by atoms with Crippen LogP contribution in [0.1, 0.15) is 25.7 Å². The van der Waals surface area contributed by atoms with Crippen LogP contribution >= 0.6 is 11.8 Å². The predicted molar refractivity (Wildman–Crippen MR) is 59.6 cm³/mol. The van der Waals surface area contributed by atoms with Crippen LogP contribution in [0, 0.1) is 0 Å². The molecule has 1 aliphatic carbocycles. The summed E-state index contributed by atoms with van der Waals surface area (Å²) < 4.78 is 4.85. The number of ether oxygens (including phenoxy) is 1. The molecule has 14 heavy (non-hydrogen) atoms. The normalized spacial score (nSPS) is 17.2. The van der Waals surface area contributed by atoms with E-state index in [9.17, 15) is 4.79 Å². The Bertz CT molecular complexity index is 170. The fourth-order valence-electron chi connectivity index (χ4n) is 1.59. The van der Waals surface area contributed by atoms with Gasteiger partial charge >= 0.3 is 0 Å². The first-order valence-electron chi connectivity index (χ1n) is 5.20. The molecule has 0 bridgehead atoms. The Morgan fingerprint density at radius 3 is 2.86 bits per heavy atom. The molecule has 1 fully saturated rings. The van der Waals surface area contributed by atoms with E-state index < -0.39 is 0 Å². The number of nitrogens with one attached hydrogen (secondary N) is 1. The Kier molecular flexibility index (Phi) is 6.03. The second-order valence-electron chi connectivity index (χ2n) is 3.56. The molecule has 3 nitrogen and oxygen atoms in total. The smallest absolute Gasteiger partial charge is 0.230 e. The molecule has 0 atom stereocenters. The van der Waals surface area contributed by atoms with Gasteiger partial charge in [-0.15, -0.1) is 11.8 Å². The molecule has 0 unspecified atom stereocenters. The molecular formula is C10H19NO2S. The summed E-state index contributed by atoms with van der Waals surface area (Å²) in [5, 5.41) is 3.55. The van der Waals surface area contributed by atoms with Gasteiger partial charge in [-0.2, -0.15) is 0 Å². The number of thioether (sulfide) groups is 1. The van der Waals surface area contributed by atoms with Gasteiger partial charge in [-0.25, -0.2) is 0 Å². The van der Waals surface area contributed by atoms with E-state index in [-0.39, 0.29) is 5.91 Å². The van der Waals surface area contributed by atoms with Gasteiger partial charge < -0.3 is 10.1 Å². The lowest BCUT2D eigenvalue weighted by atomic mass is 10.4. The van der Waals surface area contributed by atoms with E-state index in [1.165, 1.54) is 25.7 Å². The standard InChI is InChI=1S/C10H19NO2S/c1-13-7-6-11-10(12)8-14-9-4-2-3-5-9/h9H,2-8H2,1H3,(H,11,12). The lowest BCUT2D eigenvalue weighted by Crippen LogP contribution is -2.28. The molecule has 1 N–H and O–H groups in total. The molecule has 82 valence electrons. The summed E-state index contributed by atoms with van der Waals surface area (Å²) in [5.41, 5.74) is 0. The number of carbonyl (C=O) groups is 1. The molecule has 0 saturated heterocycles. The lowest BCUT2D eigenvalue weighted by Gasteiger charge is -2.08. The first kappa shape index (κ1) is 11.9. The van der Waals surface area contributed by atoms with Gasteiger partial charge in [0, 0.05) is 18.9 Å². The van der Waals surface area contributed by atoms with Gasteiger partial charge in [0.15, 0.2) is 0 Å². The lowest BCUT2D eigenvalue weighted by molar-refractivity contribution is -0.118. The van der Waals surface area contributed by atoms with Crippen molar-refractivity contribution in [3.05, 3.63) is 0 Å². The molecule has 1 aliphatic rings. The first-order valence-corrected chi connectivity index (χ1v) is 6.25. The van der Waals surface area contributed by atoms with E-state index in [1.54, 1.807) is 18.9 Å². The van der Waals surface area contributed by atoms with Crippen molar-refractivity contribution < 1.29 is 9.53 Å². The molecule has 4 heteroatoms. The molecule has 1 saturated carbocycles. The van der Waals surface area contributed by atoms with Gasteiger partial charge in [0.05, 0.1) is 12.4 Å². The van der Waals surface area contributed by atoms with Crippen molar-refractivity contribution in [3.63, 3.8) is 0 Å². The van der Waals surface area contributed by atoms with Crippen LogP contribution in [0.25, 0.3) is 0 Å². The Balaban J connectivity index is 1.96. The minimum absolute atomic E-state index is 0.138. The molecule has 0 aromatic rings. The minimum Gasteiger partial charge on any atom is -0.383 e.